The van der Waals surface area contributed by atoms with Gasteiger partial charge in [0.15, 0.2) is 0 Å². The van der Waals surface area contributed by atoms with Crippen LogP contribution in [0.1, 0.15) is 97.6 Å². The largest absolute Gasteiger partial charge is 0.382 e. The molecule has 0 radical (unpaired) electrons. The predicted octanol–water partition coefficient (Wildman–Crippen LogP) is 3.00. The van der Waals surface area contributed by atoms with Crippen LogP contribution in [-0.2, 0) is 36.9 Å². The van der Waals surface area contributed by atoms with E-state index >= 15 is 0 Å². The summed E-state index contributed by atoms with van der Waals surface area (Å²) in [4.78, 5) is 95.3. The Balaban J connectivity index is 0.717. The summed E-state index contributed by atoms with van der Waals surface area (Å²) in [6.45, 7) is 4.25. The second kappa shape index (κ2) is 23.2. The van der Waals surface area contributed by atoms with E-state index in [0.717, 1.165) is 42.6 Å². The number of aromatic nitrogens is 4. The smallest absolute Gasteiger partial charge is 0.264 e. The summed E-state index contributed by atoms with van der Waals surface area (Å²) in [5.74, 6) is -2.15. The minimum Gasteiger partial charge on any atom is -0.382 e. The second-order valence-corrected chi connectivity index (χ2v) is 16.2. The van der Waals surface area contributed by atoms with E-state index in [4.69, 9.17) is 9.47 Å². The Morgan fingerprint density at radius 2 is 1.62 bits per heavy atom. The molecule has 3 aliphatic heterocycles. The molecular formula is C47H54N10O9. The number of anilines is 1. The Bertz CT molecular complexity index is 2400. The van der Waals surface area contributed by atoms with Gasteiger partial charge in [-0.15, -0.1) is 5.10 Å². The maximum atomic E-state index is 13.2. The quantitative estimate of drug-likeness (QED) is 0.0505. The van der Waals surface area contributed by atoms with Crippen molar-refractivity contribution in [1.29, 1.82) is 0 Å². The molecule has 4 aromatic rings. The van der Waals surface area contributed by atoms with Crippen LogP contribution in [0.25, 0.3) is 6.08 Å². The highest BCUT2D eigenvalue weighted by Crippen LogP contribution is 2.32. The number of carbonyl (C=O) groups excluding carboxylic acids is 7. The number of rotatable bonds is 22. The number of pyridine rings is 1. The van der Waals surface area contributed by atoms with Gasteiger partial charge in [0.05, 0.1) is 56.8 Å². The van der Waals surface area contributed by atoms with E-state index in [-0.39, 0.29) is 48.2 Å². The molecule has 66 heavy (non-hydrogen) atoms. The van der Waals surface area contributed by atoms with E-state index in [1.54, 1.807) is 71.8 Å². The molecule has 0 saturated carbocycles. The number of nitrogens with one attached hydrogen (secondary N) is 4. The number of fused-ring (bicyclic) bond motifs is 1. The number of unbranched alkanes of at least 4 members (excludes halogenated alkanes) is 1. The lowest BCUT2D eigenvalue weighted by Gasteiger charge is -2.32. The lowest BCUT2D eigenvalue weighted by atomic mass is 9.91. The van der Waals surface area contributed by atoms with Crippen molar-refractivity contribution in [1.82, 2.24) is 45.7 Å². The number of hydrogen-bond acceptors (Lipinski definition) is 13. The van der Waals surface area contributed by atoms with E-state index in [9.17, 15) is 33.6 Å². The molecule has 19 heteroatoms. The zero-order valence-corrected chi connectivity index (χ0v) is 36.6. The molecule has 2 aromatic heterocycles. The summed E-state index contributed by atoms with van der Waals surface area (Å²) < 4.78 is 12.9. The normalized spacial score (nSPS) is 16.4. The highest BCUT2D eigenvalue weighted by atomic mass is 16.5. The van der Waals surface area contributed by atoms with Crippen LogP contribution in [0.3, 0.4) is 0 Å². The maximum absolute atomic E-state index is 13.2. The van der Waals surface area contributed by atoms with Crippen molar-refractivity contribution in [3.05, 3.63) is 113 Å². The number of ether oxygens (including phenoxy) is 2. The Kier molecular flexibility index (Phi) is 16.5. The van der Waals surface area contributed by atoms with Gasteiger partial charge in [0.1, 0.15) is 11.7 Å². The SMILES string of the molecule is O=C(/C=C/c1cccnc1)NCCCCC1CCN(C(=O)c2ccc(C(=O)NCc3cn(CCOCCOCCNc4cccc5c4C(=O)N(C4CCC(=O)NC4=O)C5=O)nn3)cc2)CC1. The van der Waals surface area contributed by atoms with Gasteiger partial charge in [0.2, 0.25) is 17.7 Å². The zero-order chi connectivity index (χ0) is 46.3. The van der Waals surface area contributed by atoms with E-state index < -0.39 is 29.7 Å². The average molecular weight is 903 g/mol. The van der Waals surface area contributed by atoms with E-state index in [2.05, 4.69) is 36.6 Å². The Hall–Kier alpha value is -7.12. The lowest BCUT2D eigenvalue weighted by Crippen LogP contribution is -2.54. The molecular weight excluding hydrogens is 849 g/mol. The summed E-state index contributed by atoms with van der Waals surface area (Å²) in [7, 11) is 0. The third kappa shape index (κ3) is 12.6. The lowest BCUT2D eigenvalue weighted by molar-refractivity contribution is -0.136. The highest BCUT2D eigenvalue weighted by molar-refractivity contribution is 6.25. The van der Waals surface area contributed by atoms with Gasteiger partial charge in [0, 0.05) is 67.9 Å². The van der Waals surface area contributed by atoms with Crippen LogP contribution in [0.15, 0.2) is 79.3 Å². The number of imide groups is 2. The fourth-order valence-electron chi connectivity index (χ4n) is 8.05. The fourth-order valence-corrected chi connectivity index (χ4v) is 8.05. The molecule has 7 rings (SSSR count). The number of hydrogen-bond donors (Lipinski definition) is 4. The summed E-state index contributed by atoms with van der Waals surface area (Å²) in [5.41, 5.74) is 3.26. The van der Waals surface area contributed by atoms with Gasteiger partial charge >= 0.3 is 0 Å². The number of amides is 7. The summed E-state index contributed by atoms with van der Waals surface area (Å²) in [5, 5.41) is 19.3. The second-order valence-electron chi connectivity index (χ2n) is 16.2. The third-order valence-corrected chi connectivity index (χ3v) is 11.6. The first kappa shape index (κ1) is 46.9. The van der Waals surface area contributed by atoms with Gasteiger partial charge in [-0.2, -0.15) is 0 Å². The first-order chi connectivity index (χ1) is 32.1. The minimum atomic E-state index is -1.03. The van der Waals surface area contributed by atoms with Crippen molar-refractivity contribution < 1.29 is 43.0 Å². The van der Waals surface area contributed by atoms with Crippen molar-refractivity contribution in [2.75, 3.05) is 57.9 Å². The minimum absolute atomic E-state index is 0.0431. The van der Waals surface area contributed by atoms with Gasteiger partial charge in [-0.05, 0) is 85.7 Å². The molecule has 0 spiro atoms. The standard InChI is InChI=1S/C47H54N10O9/c58-40(15-9-33-6-4-19-48-29-33)50-20-2-1-5-32-17-22-55(23-18-32)45(62)35-12-10-34(11-13-35)43(60)51-30-36-31-56(54-53-36)24-26-66-28-27-65-25-21-49-38-8-3-7-37-42(38)47(64)57(46(37)63)39-14-16-41(59)52-44(39)61/h3-4,6-13,15,19,29,31-32,39,49H,1-2,5,14,16-18,20-28,30H2,(H,50,58)(H,51,60)(H,52,59,61)/b15-9+. The van der Waals surface area contributed by atoms with Gasteiger partial charge in [-0.25, -0.2) is 4.68 Å². The Morgan fingerprint density at radius 1 is 0.833 bits per heavy atom. The van der Waals surface area contributed by atoms with Gasteiger partial charge < -0.3 is 30.3 Å². The molecule has 2 saturated heterocycles. The van der Waals surface area contributed by atoms with Crippen LogP contribution >= 0.6 is 0 Å². The van der Waals surface area contributed by atoms with Crippen LogP contribution in [0.5, 0.6) is 0 Å². The number of benzene rings is 2. The van der Waals surface area contributed by atoms with Gasteiger partial charge in [-0.1, -0.05) is 30.2 Å². The summed E-state index contributed by atoms with van der Waals surface area (Å²) in [6.07, 6.45) is 13.4. The van der Waals surface area contributed by atoms with Crippen molar-refractivity contribution in [2.45, 2.75) is 64.1 Å². The predicted molar refractivity (Wildman–Crippen MR) is 240 cm³/mol. The van der Waals surface area contributed by atoms with Crippen molar-refractivity contribution in [3.63, 3.8) is 0 Å². The molecule has 2 aromatic carbocycles. The van der Waals surface area contributed by atoms with Crippen molar-refractivity contribution in [3.8, 4) is 0 Å². The first-order valence-electron chi connectivity index (χ1n) is 22.3. The van der Waals surface area contributed by atoms with Crippen LogP contribution in [-0.4, -0.2) is 130 Å². The van der Waals surface area contributed by atoms with Crippen molar-refractivity contribution in [2.24, 2.45) is 5.92 Å². The van der Waals surface area contributed by atoms with E-state index in [1.807, 2.05) is 17.0 Å². The number of carbonyl (C=O) groups is 7. The van der Waals surface area contributed by atoms with Crippen LogP contribution in [0.2, 0.25) is 0 Å². The topological polar surface area (TPSA) is 236 Å². The maximum Gasteiger partial charge on any atom is 0.264 e. The van der Waals surface area contributed by atoms with E-state index in [0.29, 0.717) is 87.6 Å². The number of likely N-dealkylation sites (tertiary alicyclic amines) is 1. The fraction of sp³-hybridized carbons (Fsp3) is 0.404. The van der Waals surface area contributed by atoms with Crippen LogP contribution in [0.4, 0.5) is 5.69 Å². The Labute approximate surface area is 381 Å². The molecule has 1 atom stereocenters. The average Bonchev–Trinajstić information content (AvgIpc) is 3.90. The molecule has 3 aliphatic rings. The molecule has 2 fully saturated rings. The molecule has 7 amide bonds. The zero-order valence-electron chi connectivity index (χ0n) is 36.6. The van der Waals surface area contributed by atoms with Crippen LogP contribution in [0, 0.1) is 5.92 Å². The molecule has 1 unspecified atom stereocenters. The summed E-state index contributed by atoms with van der Waals surface area (Å²) in [6, 6.07) is 14.2. The monoisotopic (exact) mass is 902 g/mol. The number of nitrogens with zero attached hydrogens (tertiary/aromatic N) is 6. The third-order valence-electron chi connectivity index (χ3n) is 11.6. The molecule has 5 heterocycles. The molecule has 0 bridgehead atoms. The molecule has 0 aliphatic carbocycles. The van der Waals surface area contributed by atoms with E-state index in [1.165, 1.54) is 6.08 Å². The first-order valence-corrected chi connectivity index (χ1v) is 22.3. The molecule has 346 valence electrons. The van der Waals surface area contributed by atoms with Crippen LogP contribution < -0.4 is 21.3 Å². The molecule has 4 N–H and O–H groups in total. The van der Waals surface area contributed by atoms with Gasteiger partial charge in [0.25, 0.3) is 23.6 Å². The highest BCUT2D eigenvalue weighted by Gasteiger charge is 2.45. The molecule has 19 nitrogen and oxygen atoms in total. The number of piperidine rings is 2. The summed E-state index contributed by atoms with van der Waals surface area (Å²) >= 11 is 0. The Morgan fingerprint density at radius 3 is 2.39 bits per heavy atom. The van der Waals surface area contributed by atoms with Crippen molar-refractivity contribution >= 4 is 53.1 Å². The van der Waals surface area contributed by atoms with Gasteiger partial charge in [-0.3, -0.25) is 48.8 Å².